The zero-order chi connectivity index (χ0) is 12.4. The highest BCUT2D eigenvalue weighted by Gasteiger charge is 2.62. The maximum Gasteiger partial charge on any atom is 0.0920 e. The van der Waals surface area contributed by atoms with E-state index in [2.05, 4.69) is 27.4 Å². The lowest BCUT2D eigenvalue weighted by Crippen LogP contribution is -2.18. The monoisotopic (exact) mass is 236 g/mol. The lowest BCUT2D eigenvalue weighted by atomic mass is 9.91. The molecule has 1 heterocycles. The predicted octanol–water partition coefficient (Wildman–Crippen LogP) is 2.91. The van der Waals surface area contributed by atoms with Gasteiger partial charge in [-0.25, -0.2) is 0 Å². The van der Waals surface area contributed by atoms with Crippen LogP contribution >= 0.6 is 0 Å². The van der Waals surface area contributed by atoms with Gasteiger partial charge >= 0.3 is 0 Å². The molecule has 2 aliphatic carbocycles. The van der Waals surface area contributed by atoms with Gasteiger partial charge in [0.05, 0.1) is 17.8 Å². The quantitative estimate of drug-likeness (QED) is 0.518. The third-order valence-corrected chi connectivity index (χ3v) is 5.61. The van der Waals surface area contributed by atoms with Crippen LogP contribution in [0.15, 0.2) is 12.2 Å². The van der Waals surface area contributed by atoms with Crippen LogP contribution in [0.3, 0.4) is 0 Å². The van der Waals surface area contributed by atoms with Crippen LogP contribution in [0.1, 0.15) is 46.5 Å². The van der Waals surface area contributed by atoms with Crippen molar-refractivity contribution in [3.05, 3.63) is 12.2 Å². The Morgan fingerprint density at radius 3 is 2.71 bits per heavy atom. The Balaban J connectivity index is 1.78. The SMILES string of the molecule is C=C1CC[C@H]2O[C@]2(C)CC[C@@H]2[C@@H]([C@H]1O)C2(C)C. The molecule has 5 atom stereocenters. The van der Waals surface area contributed by atoms with Crippen LogP contribution in [-0.2, 0) is 4.74 Å². The van der Waals surface area contributed by atoms with E-state index in [-0.39, 0.29) is 17.1 Å². The standard InChI is InChI=1S/C15H24O2/c1-9-5-6-11-15(4,17-11)8-7-10-12(13(9)16)14(10,2)3/h10-13,16H,1,5-8H2,2-4H3/t10-,11-,12+,13+,15-/m1/s1. The molecule has 0 amide bonds. The Morgan fingerprint density at radius 1 is 1.29 bits per heavy atom. The van der Waals surface area contributed by atoms with Crippen molar-refractivity contribution in [1.29, 1.82) is 0 Å². The van der Waals surface area contributed by atoms with Gasteiger partial charge in [-0.2, -0.15) is 0 Å². The van der Waals surface area contributed by atoms with E-state index in [0.717, 1.165) is 24.8 Å². The molecule has 3 aliphatic rings. The number of hydrogen-bond acceptors (Lipinski definition) is 2. The molecule has 3 rings (SSSR count). The molecule has 1 N–H and O–H groups in total. The minimum Gasteiger partial charge on any atom is -0.388 e. The predicted molar refractivity (Wildman–Crippen MR) is 67.7 cm³/mol. The number of fused-ring (bicyclic) bond motifs is 2. The molecule has 0 aromatic heterocycles. The van der Waals surface area contributed by atoms with Gasteiger partial charge in [0, 0.05) is 0 Å². The van der Waals surface area contributed by atoms with Crippen molar-refractivity contribution < 1.29 is 9.84 Å². The molecule has 0 unspecified atom stereocenters. The Morgan fingerprint density at radius 2 is 2.00 bits per heavy atom. The summed E-state index contributed by atoms with van der Waals surface area (Å²) in [5.41, 5.74) is 1.43. The Kier molecular flexibility index (Phi) is 2.32. The number of hydrogen-bond donors (Lipinski definition) is 1. The molecule has 3 fully saturated rings. The van der Waals surface area contributed by atoms with Crippen LogP contribution in [0.4, 0.5) is 0 Å². The second kappa shape index (κ2) is 3.36. The average Bonchev–Trinajstić information content (AvgIpc) is 3.06. The lowest BCUT2D eigenvalue weighted by molar-refractivity contribution is 0.163. The fraction of sp³-hybridized carbons (Fsp3) is 0.867. The number of epoxide rings is 1. The van der Waals surface area contributed by atoms with Crippen LogP contribution < -0.4 is 0 Å². The zero-order valence-electron chi connectivity index (χ0n) is 11.2. The molecule has 2 saturated carbocycles. The van der Waals surface area contributed by atoms with Gasteiger partial charge < -0.3 is 9.84 Å². The molecule has 0 spiro atoms. The minimum absolute atomic E-state index is 0.131. The van der Waals surface area contributed by atoms with Crippen LogP contribution in [0.5, 0.6) is 0 Å². The molecular weight excluding hydrogens is 212 g/mol. The highest BCUT2D eigenvalue weighted by molar-refractivity contribution is 5.19. The van der Waals surface area contributed by atoms with Crippen molar-refractivity contribution in [2.24, 2.45) is 17.3 Å². The summed E-state index contributed by atoms with van der Waals surface area (Å²) in [6.07, 6.45) is 4.41. The molecule has 96 valence electrons. The average molecular weight is 236 g/mol. The van der Waals surface area contributed by atoms with E-state index < -0.39 is 0 Å². The highest BCUT2D eigenvalue weighted by Crippen LogP contribution is 2.64. The number of ether oxygens (including phenoxy) is 1. The second-order valence-electron chi connectivity index (χ2n) is 7.05. The summed E-state index contributed by atoms with van der Waals surface area (Å²) in [5, 5.41) is 10.4. The fourth-order valence-electron chi connectivity index (χ4n) is 4.00. The van der Waals surface area contributed by atoms with E-state index in [1.165, 1.54) is 6.42 Å². The minimum atomic E-state index is -0.293. The molecule has 0 radical (unpaired) electrons. The maximum absolute atomic E-state index is 10.4. The van der Waals surface area contributed by atoms with Crippen molar-refractivity contribution >= 4 is 0 Å². The zero-order valence-corrected chi connectivity index (χ0v) is 11.2. The normalized spacial score (nSPS) is 52.4. The third kappa shape index (κ3) is 1.68. The van der Waals surface area contributed by atoms with Crippen molar-refractivity contribution in [2.45, 2.75) is 64.3 Å². The van der Waals surface area contributed by atoms with Crippen LogP contribution in [-0.4, -0.2) is 22.9 Å². The second-order valence-corrected chi connectivity index (χ2v) is 7.05. The lowest BCUT2D eigenvalue weighted by Gasteiger charge is -2.16. The van der Waals surface area contributed by atoms with Crippen LogP contribution in [0, 0.1) is 17.3 Å². The smallest absolute Gasteiger partial charge is 0.0920 e. The van der Waals surface area contributed by atoms with E-state index >= 15 is 0 Å². The van der Waals surface area contributed by atoms with Gasteiger partial charge in [0.15, 0.2) is 0 Å². The van der Waals surface area contributed by atoms with Gasteiger partial charge in [-0.05, 0) is 55.4 Å². The summed E-state index contributed by atoms with van der Waals surface area (Å²) < 4.78 is 5.83. The van der Waals surface area contributed by atoms with E-state index in [9.17, 15) is 5.11 Å². The van der Waals surface area contributed by atoms with E-state index in [4.69, 9.17) is 4.74 Å². The molecule has 0 bridgehead atoms. The van der Waals surface area contributed by atoms with Gasteiger partial charge in [-0.15, -0.1) is 0 Å². The van der Waals surface area contributed by atoms with Crippen molar-refractivity contribution in [3.8, 4) is 0 Å². The van der Waals surface area contributed by atoms with Gasteiger partial charge in [0.1, 0.15) is 0 Å². The number of aliphatic hydroxyl groups excluding tert-OH is 1. The molecular formula is C15H24O2. The summed E-state index contributed by atoms with van der Waals surface area (Å²) in [6.45, 7) is 10.9. The summed E-state index contributed by atoms with van der Waals surface area (Å²) >= 11 is 0. The van der Waals surface area contributed by atoms with Gasteiger partial charge in [-0.1, -0.05) is 20.4 Å². The topological polar surface area (TPSA) is 32.8 Å². The Hall–Kier alpha value is -0.340. The van der Waals surface area contributed by atoms with E-state index in [1.54, 1.807) is 0 Å². The molecule has 2 heteroatoms. The third-order valence-electron chi connectivity index (χ3n) is 5.61. The van der Waals surface area contributed by atoms with Gasteiger partial charge in [0.25, 0.3) is 0 Å². The van der Waals surface area contributed by atoms with Crippen molar-refractivity contribution in [3.63, 3.8) is 0 Å². The van der Waals surface area contributed by atoms with Crippen LogP contribution in [0.2, 0.25) is 0 Å². The molecule has 17 heavy (non-hydrogen) atoms. The highest BCUT2D eigenvalue weighted by atomic mass is 16.6. The van der Waals surface area contributed by atoms with Crippen molar-refractivity contribution in [2.75, 3.05) is 0 Å². The first-order chi connectivity index (χ1) is 7.86. The van der Waals surface area contributed by atoms with E-state index in [1.807, 2.05) is 0 Å². The Bertz CT molecular complexity index is 360. The Labute approximate surface area is 104 Å². The number of aliphatic hydroxyl groups is 1. The number of rotatable bonds is 0. The van der Waals surface area contributed by atoms with Gasteiger partial charge in [-0.3, -0.25) is 0 Å². The summed E-state index contributed by atoms with van der Waals surface area (Å²) in [4.78, 5) is 0. The van der Waals surface area contributed by atoms with Crippen molar-refractivity contribution in [1.82, 2.24) is 0 Å². The molecule has 0 aromatic rings. The summed E-state index contributed by atoms with van der Waals surface area (Å²) in [5.74, 6) is 1.07. The molecule has 1 aliphatic heterocycles. The molecule has 1 saturated heterocycles. The van der Waals surface area contributed by atoms with Crippen LogP contribution in [0.25, 0.3) is 0 Å². The summed E-state index contributed by atoms with van der Waals surface area (Å²) in [6, 6.07) is 0. The molecule has 2 nitrogen and oxygen atoms in total. The van der Waals surface area contributed by atoms with E-state index in [0.29, 0.717) is 17.9 Å². The maximum atomic E-state index is 10.4. The largest absolute Gasteiger partial charge is 0.388 e. The first kappa shape index (κ1) is 11.7. The summed E-state index contributed by atoms with van der Waals surface area (Å²) in [7, 11) is 0. The molecule has 0 aromatic carbocycles. The fourth-order valence-corrected chi connectivity index (χ4v) is 4.00. The first-order valence-electron chi connectivity index (χ1n) is 6.90. The van der Waals surface area contributed by atoms with Gasteiger partial charge in [0.2, 0.25) is 0 Å². The first-order valence-corrected chi connectivity index (χ1v) is 6.90.